The molecular formula is C20H25N3O2. The van der Waals surface area contributed by atoms with Crippen molar-refractivity contribution in [3.05, 3.63) is 54.6 Å². The summed E-state index contributed by atoms with van der Waals surface area (Å²) in [6, 6.07) is 11.7. The summed E-state index contributed by atoms with van der Waals surface area (Å²) in [5.74, 6) is 1.51. The fourth-order valence-electron chi connectivity index (χ4n) is 3.24. The van der Waals surface area contributed by atoms with Gasteiger partial charge in [0.05, 0.1) is 6.61 Å². The molecule has 0 radical (unpaired) electrons. The molecule has 132 valence electrons. The van der Waals surface area contributed by atoms with E-state index in [9.17, 15) is 4.79 Å². The van der Waals surface area contributed by atoms with Crippen LogP contribution >= 0.6 is 0 Å². The maximum Gasteiger partial charge on any atom is 0.225 e. The molecule has 1 amide bonds. The Morgan fingerprint density at radius 1 is 1.24 bits per heavy atom. The number of ether oxygens (including phenoxy) is 1. The standard InChI is InChI=1S/C20H25N3O2/c1-16(10-14-25-18-5-3-2-4-6-18)20(24)23-12-8-17(9-13-23)19-7-11-21-15-22-19/h2-7,11,15-17H,8-10,12-14H2,1H3. The zero-order valence-electron chi connectivity index (χ0n) is 14.7. The predicted molar refractivity (Wildman–Crippen MR) is 96.3 cm³/mol. The number of carbonyl (C=O) groups is 1. The quantitative estimate of drug-likeness (QED) is 0.810. The number of carbonyl (C=O) groups excluding carboxylic acids is 1. The van der Waals surface area contributed by atoms with Crippen LogP contribution in [-0.4, -0.2) is 40.5 Å². The van der Waals surface area contributed by atoms with Crippen LogP contribution in [0.25, 0.3) is 0 Å². The average Bonchev–Trinajstić information content (AvgIpc) is 2.69. The molecule has 3 rings (SSSR count). The summed E-state index contributed by atoms with van der Waals surface area (Å²) in [5, 5.41) is 0. The number of hydrogen-bond donors (Lipinski definition) is 0. The van der Waals surface area contributed by atoms with Crippen molar-refractivity contribution in [2.45, 2.75) is 32.1 Å². The molecule has 5 nitrogen and oxygen atoms in total. The van der Waals surface area contributed by atoms with Gasteiger partial charge in [-0.1, -0.05) is 25.1 Å². The number of para-hydroxylation sites is 1. The molecule has 5 heteroatoms. The Labute approximate surface area is 149 Å². The van der Waals surface area contributed by atoms with Gasteiger partial charge in [0.25, 0.3) is 0 Å². The van der Waals surface area contributed by atoms with Gasteiger partial charge in [0.2, 0.25) is 5.91 Å². The number of aromatic nitrogens is 2. The maximum absolute atomic E-state index is 12.6. The SMILES string of the molecule is CC(CCOc1ccccc1)C(=O)N1CCC(c2ccncn2)CC1. The highest BCUT2D eigenvalue weighted by molar-refractivity contribution is 5.78. The van der Waals surface area contributed by atoms with Gasteiger partial charge in [0, 0.05) is 36.8 Å². The molecule has 2 heterocycles. The molecule has 0 bridgehead atoms. The van der Waals surface area contributed by atoms with Gasteiger partial charge in [-0.15, -0.1) is 0 Å². The van der Waals surface area contributed by atoms with Crippen molar-refractivity contribution < 1.29 is 9.53 Å². The Balaban J connectivity index is 1.42. The highest BCUT2D eigenvalue weighted by Crippen LogP contribution is 2.27. The van der Waals surface area contributed by atoms with Crippen LogP contribution in [0.3, 0.4) is 0 Å². The van der Waals surface area contributed by atoms with E-state index >= 15 is 0 Å². The van der Waals surface area contributed by atoms with E-state index in [1.165, 1.54) is 0 Å². The molecule has 1 fully saturated rings. The third-order valence-electron chi connectivity index (χ3n) is 4.81. The molecule has 1 saturated heterocycles. The van der Waals surface area contributed by atoms with E-state index in [0.29, 0.717) is 12.5 Å². The zero-order valence-corrected chi connectivity index (χ0v) is 14.7. The Morgan fingerprint density at radius 3 is 2.68 bits per heavy atom. The second-order valence-corrected chi connectivity index (χ2v) is 6.59. The number of nitrogens with zero attached hydrogens (tertiary/aromatic N) is 3. The first kappa shape index (κ1) is 17.4. The van der Waals surface area contributed by atoms with Crippen LogP contribution < -0.4 is 4.74 Å². The monoisotopic (exact) mass is 339 g/mol. The van der Waals surface area contributed by atoms with E-state index in [0.717, 1.165) is 43.8 Å². The van der Waals surface area contributed by atoms with Crippen molar-refractivity contribution >= 4 is 5.91 Å². The van der Waals surface area contributed by atoms with E-state index in [4.69, 9.17) is 4.74 Å². The van der Waals surface area contributed by atoms with Crippen LogP contribution in [0.1, 0.15) is 37.8 Å². The fraction of sp³-hybridized carbons (Fsp3) is 0.450. The molecule has 1 aromatic carbocycles. The second kappa shape index (κ2) is 8.60. The Morgan fingerprint density at radius 2 is 2.00 bits per heavy atom. The average molecular weight is 339 g/mol. The molecular weight excluding hydrogens is 314 g/mol. The number of benzene rings is 1. The lowest BCUT2D eigenvalue weighted by Crippen LogP contribution is -2.41. The van der Waals surface area contributed by atoms with Gasteiger partial charge in [0.1, 0.15) is 12.1 Å². The van der Waals surface area contributed by atoms with Crippen molar-refractivity contribution in [1.29, 1.82) is 0 Å². The molecule has 1 aliphatic heterocycles. The normalized spacial score (nSPS) is 16.4. The molecule has 0 saturated carbocycles. The van der Waals surface area contributed by atoms with Gasteiger partial charge < -0.3 is 9.64 Å². The molecule has 1 aliphatic rings. The molecule has 0 aliphatic carbocycles. The van der Waals surface area contributed by atoms with E-state index in [-0.39, 0.29) is 11.8 Å². The van der Waals surface area contributed by atoms with E-state index < -0.39 is 0 Å². The van der Waals surface area contributed by atoms with Crippen LogP contribution in [0, 0.1) is 5.92 Å². The van der Waals surface area contributed by atoms with Gasteiger partial charge in [0.15, 0.2) is 0 Å². The van der Waals surface area contributed by atoms with E-state index in [2.05, 4.69) is 9.97 Å². The van der Waals surface area contributed by atoms with Crippen LogP contribution in [0.4, 0.5) is 0 Å². The fourth-order valence-corrected chi connectivity index (χ4v) is 3.24. The van der Waals surface area contributed by atoms with Gasteiger partial charge in [-0.3, -0.25) is 4.79 Å². The van der Waals surface area contributed by atoms with Crippen LogP contribution in [0.2, 0.25) is 0 Å². The van der Waals surface area contributed by atoms with Gasteiger partial charge >= 0.3 is 0 Å². The summed E-state index contributed by atoms with van der Waals surface area (Å²) in [5.41, 5.74) is 1.09. The summed E-state index contributed by atoms with van der Waals surface area (Å²) in [6.45, 7) is 4.16. The van der Waals surface area contributed by atoms with Crippen molar-refractivity contribution in [1.82, 2.24) is 14.9 Å². The molecule has 0 spiro atoms. The van der Waals surface area contributed by atoms with Gasteiger partial charge in [-0.2, -0.15) is 0 Å². The van der Waals surface area contributed by atoms with Gasteiger partial charge in [-0.05, 0) is 37.5 Å². The minimum Gasteiger partial charge on any atom is -0.494 e. The second-order valence-electron chi connectivity index (χ2n) is 6.59. The molecule has 1 atom stereocenters. The summed E-state index contributed by atoms with van der Waals surface area (Å²) in [4.78, 5) is 22.9. The lowest BCUT2D eigenvalue weighted by atomic mass is 9.92. The number of likely N-dealkylation sites (tertiary alicyclic amines) is 1. The van der Waals surface area contributed by atoms with Crippen molar-refractivity contribution in [2.75, 3.05) is 19.7 Å². The minimum atomic E-state index is -0.0145. The molecule has 1 aromatic heterocycles. The Bertz CT molecular complexity index is 655. The molecule has 0 N–H and O–H groups in total. The van der Waals surface area contributed by atoms with Crippen LogP contribution in [0.5, 0.6) is 5.75 Å². The third-order valence-corrected chi connectivity index (χ3v) is 4.81. The highest BCUT2D eigenvalue weighted by atomic mass is 16.5. The summed E-state index contributed by atoms with van der Waals surface area (Å²) in [7, 11) is 0. The number of rotatable bonds is 6. The van der Waals surface area contributed by atoms with Crippen molar-refractivity contribution in [3.63, 3.8) is 0 Å². The lowest BCUT2D eigenvalue weighted by molar-refractivity contribution is -0.136. The maximum atomic E-state index is 12.6. The third kappa shape index (κ3) is 4.78. The number of amides is 1. The topological polar surface area (TPSA) is 55.3 Å². The Hall–Kier alpha value is -2.43. The zero-order chi connectivity index (χ0) is 17.5. The largest absolute Gasteiger partial charge is 0.494 e. The molecule has 25 heavy (non-hydrogen) atoms. The summed E-state index contributed by atoms with van der Waals surface area (Å²) in [6.07, 6.45) is 6.06. The molecule has 2 aromatic rings. The van der Waals surface area contributed by atoms with Gasteiger partial charge in [-0.25, -0.2) is 9.97 Å². The Kier molecular flexibility index (Phi) is 5.99. The van der Waals surface area contributed by atoms with Crippen molar-refractivity contribution in [3.8, 4) is 5.75 Å². The van der Waals surface area contributed by atoms with Crippen LogP contribution in [0.15, 0.2) is 48.9 Å². The minimum absolute atomic E-state index is 0.0145. The summed E-state index contributed by atoms with van der Waals surface area (Å²) >= 11 is 0. The lowest BCUT2D eigenvalue weighted by Gasteiger charge is -2.33. The smallest absolute Gasteiger partial charge is 0.225 e. The van der Waals surface area contributed by atoms with E-state index in [1.54, 1.807) is 12.5 Å². The summed E-state index contributed by atoms with van der Waals surface area (Å²) < 4.78 is 5.70. The first-order chi connectivity index (χ1) is 12.2. The van der Waals surface area contributed by atoms with Crippen LogP contribution in [-0.2, 0) is 4.79 Å². The highest BCUT2D eigenvalue weighted by Gasteiger charge is 2.27. The number of hydrogen-bond acceptors (Lipinski definition) is 4. The van der Waals surface area contributed by atoms with Crippen molar-refractivity contribution in [2.24, 2.45) is 5.92 Å². The first-order valence-corrected chi connectivity index (χ1v) is 8.96. The molecule has 1 unspecified atom stereocenters. The first-order valence-electron chi connectivity index (χ1n) is 8.96. The predicted octanol–water partition coefficient (Wildman–Crippen LogP) is 3.29. The number of piperidine rings is 1. The van der Waals surface area contributed by atoms with E-state index in [1.807, 2.05) is 48.2 Å².